The predicted octanol–water partition coefficient (Wildman–Crippen LogP) is 0.351. The topological polar surface area (TPSA) is 113 Å². The van der Waals surface area contributed by atoms with Crippen molar-refractivity contribution in [1.29, 1.82) is 0 Å². The Kier molecular flexibility index (Phi) is 4.89. The fourth-order valence-corrected chi connectivity index (χ4v) is 4.52. The molecule has 1 aromatic carbocycles. The van der Waals surface area contributed by atoms with Crippen LogP contribution in [0, 0.1) is 11.8 Å². The molecule has 3 fully saturated rings. The second-order valence-corrected chi connectivity index (χ2v) is 7.57. The van der Waals surface area contributed by atoms with Crippen molar-refractivity contribution < 1.29 is 29.0 Å². The van der Waals surface area contributed by atoms with E-state index in [2.05, 4.69) is 5.32 Å². The van der Waals surface area contributed by atoms with E-state index in [1.807, 2.05) is 6.07 Å². The standard InChI is InChI=1S/C20H22N2O6/c23-15(21-12(20(26)27)10-11-4-2-1-3-5-11)8-9-22-18(24)16-13-6-7-14(28-13)17(16)19(22)25/h1-5,12-14,16-17H,6-10H2,(H,21,23)(H,26,27)/t12-,13?,14?,16?,17?/m0/s1. The highest BCUT2D eigenvalue weighted by atomic mass is 16.5. The average molecular weight is 386 g/mol. The summed E-state index contributed by atoms with van der Waals surface area (Å²) in [5.74, 6) is -3.00. The van der Waals surface area contributed by atoms with Crippen LogP contribution in [0.15, 0.2) is 30.3 Å². The highest BCUT2D eigenvalue weighted by molar-refractivity contribution is 6.06. The molecule has 8 nitrogen and oxygen atoms in total. The number of carbonyl (C=O) groups excluding carboxylic acids is 3. The first kappa shape index (κ1) is 18.6. The normalized spacial score (nSPS) is 29.1. The third-order valence-corrected chi connectivity index (χ3v) is 5.85. The van der Waals surface area contributed by atoms with Crippen LogP contribution in [0.2, 0.25) is 0 Å². The molecule has 3 saturated heterocycles. The number of nitrogens with zero attached hydrogens (tertiary/aromatic N) is 1. The molecule has 0 aromatic heterocycles. The summed E-state index contributed by atoms with van der Waals surface area (Å²) in [6.45, 7) is -0.0341. The van der Waals surface area contributed by atoms with E-state index in [1.165, 1.54) is 0 Å². The Hall–Kier alpha value is -2.74. The number of carboxylic acids is 1. The van der Waals surface area contributed by atoms with Crippen molar-refractivity contribution in [2.75, 3.05) is 6.54 Å². The molecule has 4 unspecified atom stereocenters. The molecule has 4 rings (SSSR count). The number of aliphatic carboxylic acids is 1. The van der Waals surface area contributed by atoms with Gasteiger partial charge in [0.2, 0.25) is 17.7 Å². The Bertz CT molecular complexity index is 782. The van der Waals surface area contributed by atoms with Crippen LogP contribution in [0.5, 0.6) is 0 Å². The van der Waals surface area contributed by atoms with Gasteiger partial charge in [0, 0.05) is 19.4 Å². The summed E-state index contributed by atoms with van der Waals surface area (Å²) in [6.07, 6.45) is 1.25. The first-order chi connectivity index (χ1) is 13.5. The van der Waals surface area contributed by atoms with Crippen molar-refractivity contribution in [1.82, 2.24) is 10.2 Å². The van der Waals surface area contributed by atoms with Gasteiger partial charge < -0.3 is 15.2 Å². The van der Waals surface area contributed by atoms with E-state index in [0.717, 1.165) is 23.3 Å². The second kappa shape index (κ2) is 7.35. The van der Waals surface area contributed by atoms with Crippen LogP contribution >= 0.6 is 0 Å². The van der Waals surface area contributed by atoms with Crippen molar-refractivity contribution in [3.8, 4) is 0 Å². The van der Waals surface area contributed by atoms with E-state index in [9.17, 15) is 24.3 Å². The number of nitrogens with one attached hydrogen (secondary N) is 1. The number of carbonyl (C=O) groups is 4. The van der Waals surface area contributed by atoms with Crippen LogP contribution in [0.4, 0.5) is 0 Å². The summed E-state index contributed by atoms with van der Waals surface area (Å²) in [6, 6.07) is 7.94. The number of benzene rings is 1. The van der Waals surface area contributed by atoms with Gasteiger partial charge >= 0.3 is 5.97 Å². The fraction of sp³-hybridized carbons (Fsp3) is 0.500. The van der Waals surface area contributed by atoms with Gasteiger partial charge in [0.15, 0.2) is 0 Å². The van der Waals surface area contributed by atoms with Crippen LogP contribution in [0.3, 0.4) is 0 Å². The van der Waals surface area contributed by atoms with Gasteiger partial charge in [-0.05, 0) is 18.4 Å². The summed E-state index contributed by atoms with van der Waals surface area (Å²) in [5.41, 5.74) is 0.795. The number of hydrogen-bond donors (Lipinski definition) is 2. The Labute approximate surface area is 161 Å². The van der Waals surface area contributed by atoms with E-state index >= 15 is 0 Å². The zero-order chi connectivity index (χ0) is 19.8. The van der Waals surface area contributed by atoms with Gasteiger partial charge in [0.05, 0.1) is 24.0 Å². The molecule has 3 aliphatic heterocycles. The van der Waals surface area contributed by atoms with Crippen molar-refractivity contribution in [3.63, 3.8) is 0 Å². The number of carboxylic acid groups (broad SMARTS) is 1. The lowest BCUT2D eigenvalue weighted by Crippen LogP contribution is -2.44. The Balaban J connectivity index is 1.33. The first-order valence-electron chi connectivity index (χ1n) is 9.52. The molecule has 8 heteroatoms. The van der Waals surface area contributed by atoms with Crippen LogP contribution in [0.1, 0.15) is 24.8 Å². The van der Waals surface area contributed by atoms with Gasteiger partial charge in [-0.2, -0.15) is 0 Å². The molecular formula is C20H22N2O6. The molecule has 0 radical (unpaired) electrons. The molecule has 3 aliphatic rings. The van der Waals surface area contributed by atoms with E-state index in [1.54, 1.807) is 24.3 Å². The van der Waals surface area contributed by atoms with Crippen LogP contribution in [-0.2, 0) is 30.3 Å². The summed E-state index contributed by atoms with van der Waals surface area (Å²) in [5, 5.41) is 11.9. The van der Waals surface area contributed by atoms with Crippen LogP contribution in [0.25, 0.3) is 0 Å². The molecule has 0 saturated carbocycles. The van der Waals surface area contributed by atoms with E-state index < -0.39 is 29.8 Å². The molecule has 3 amide bonds. The number of imide groups is 1. The van der Waals surface area contributed by atoms with E-state index in [4.69, 9.17) is 4.74 Å². The maximum atomic E-state index is 12.6. The van der Waals surface area contributed by atoms with Crippen molar-refractivity contribution in [3.05, 3.63) is 35.9 Å². The third kappa shape index (κ3) is 3.28. The van der Waals surface area contributed by atoms with Crippen molar-refractivity contribution in [2.24, 2.45) is 11.8 Å². The van der Waals surface area contributed by atoms with Crippen LogP contribution < -0.4 is 5.32 Å². The van der Waals surface area contributed by atoms with Gasteiger partial charge in [-0.1, -0.05) is 30.3 Å². The smallest absolute Gasteiger partial charge is 0.326 e. The number of amides is 3. The van der Waals surface area contributed by atoms with Gasteiger partial charge in [0.25, 0.3) is 0 Å². The third-order valence-electron chi connectivity index (χ3n) is 5.85. The SMILES string of the molecule is O=C(CCN1C(=O)C2C3CCC(O3)C2C1=O)N[C@@H](Cc1ccccc1)C(=O)O. The van der Waals surface area contributed by atoms with Crippen molar-refractivity contribution >= 4 is 23.7 Å². The monoisotopic (exact) mass is 386 g/mol. The summed E-state index contributed by atoms with van der Waals surface area (Å²) in [4.78, 5) is 50.0. The molecule has 0 aliphatic carbocycles. The largest absolute Gasteiger partial charge is 0.480 e. The number of rotatable bonds is 7. The highest BCUT2D eigenvalue weighted by Gasteiger charge is 2.62. The second-order valence-electron chi connectivity index (χ2n) is 7.57. The minimum Gasteiger partial charge on any atom is -0.480 e. The molecule has 2 bridgehead atoms. The molecule has 148 valence electrons. The molecule has 2 N–H and O–H groups in total. The van der Waals surface area contributed by atoms with Gasteiger partial charge in [-0.3, -0.25) is 19.3 Å². The van der Waals surface area contributed by atoms with Crippen LogP contribution in [-0.4, -0.2) is 58.5 Å². The molecule has 28 heavy (non-hydrogen) atoms. The number of ether oxygens (including phenoxy) is 1. The minimum absolute atomic E-state index is 0.0341. The maximum absolute atomic E-state index is 12.6. The average Bonchev–Trinajstić information content (AvgIpc) is 3.35. The zero-order valence-electron chi connectivity index (χ0n) is 15.2. The highest BCUT2D eigenvalue weighted by Crippen LogP contribution is 2.48. The maximum Gasteiger partial charge on any atom is 0.326 e. The summed E-state index contributed by atoms with van der Waals surface area (Å²) in [7, 11) is 0. The lowest BCUT2D eigenvalue weighted by Gasteiger charge is -2.18. The molecule has 1 aromatic rings. The molecule has 3 heterocycles. The Morgan fingerprint density at radius 1 is 1.11 bits per heavy atom. The fourth-order valence-electron chi connectivity index (χ4n) is 4.52. The number of likely N-dealkylation sites (tertiary alicyclic amines) is 1. The number of hydrogen-bond acceptors (Lipinski definition) is 5. The molecule has 5 atom stereocenters. The lowest BCUT2D eigenvalue weighted by molar-refractivity contribution is -0.144. The lowest BCUT2D eigenvalue weighted by atomic mass is 9.81. The predicted molar refractivity (Wildman–Crippen MR) is 95.9 cm³/mol. The molecular weight excluding hydrogens is 364 g/mol. The number of fused-ring (bicyclic) bond motifs is 5. The summed E-state index contributed by atoms with van der Waals surface area (Å²) >= 11 is 0. The minimum atomic E-state index is -1.13. The zero-order valence-corrected chi connectivity index (χ0v) is 15.2. The molecule has 0 spiro atoms. The Morgan fingerprint density at radius 3 is 2.29 bits per heavy atom. The Morgan fingerprint density at radius 2 is 1.71 bits per heavy atom. The first-order valence-corrected chi connectivity index (χ1v) is 9.52. The summed E-state index contributed by atoms with van der Waals surface area (Å²) < 4.78 is 5.68. The van der Waals surface area contributed by atoms with Crippen molar-refractivity contribution in [2.45, 2.75) is 43.9 Å². The van der Waals surface area contributed by atoms with E-state index in [0.29, 0.717) is 0 Å². The quantitative estimate of drug-likeness (QED) is 0.654. The van der Waals surface area contributed by atoms with E-state index in [-0.39, 0.29) is 43.4 Å². The van der Waals surface area contributed by atoms with Gasteiger partial charge in [0.1, 0.15) is 6.04 Å². The van der Waals surface area contributed by atoms with Gasteiger partial charge in [-0.25, -0.2) is 4.79 Å². The van der Waals surface area contributed by atoms with Gasteiger partial charge in [-0.15, -0.1) is 0 Å².